The Morgan fingerprint density at radius 3 is 2.74 bits per heavy atom. The standard InChI is InChI=1S/C15H19N3O/c1-19-10-11-5-7-12(8-6-11)14-15(16)18-9-3-2-4-13(18)17-14/h5-8H,2-4,9-10,16H2,1H3. The van der Waals surface area contributed by atoms with Crippen molar-refractivity contribution in [2.24, 2.45) is 0 Å². The number of aromatic nitrogens is 2. The first kappa shape index (κ1) is 12.2. The van der Waals surface area contributed by atoms with Crippen LogP contribution in [0, 0.1) is 0 Å². The number of anilines is 1. The number of nitrogen functional groups attached to an aromatic ring is 1. The minimum absolute atomic E-state index is 0.634. The molecule has 0 spiro atoms. The highest BCUT2D eigenvalue weighted by Gasteiger charge is 2.18. The van der Waals surface area contributed by atoms with Gasteiger partial charge in [-0.1, -0.05) is 24.3 Å². The molecule has 0 fully saturated rings. The van der Waals surface area contributed by atoms with Crippen LogP contribution in [0.2, 0.25) is 0 Å². The molecular formula is C15H19N3O. The molecule has 1 aliphatic rings. The Kier molecular flexibility index (Phi) is 3.25. The molecule has 0 saturated carbocycles. The molecule has 2 aromatic rings. The van der Waals surface area contributed by atoms with Crippen molar-refractivity contribution in [1.82, 2.24) is 9.55 Å². The summed E-state index contributed by atoms with van der Waals surface area (Å²) in [6, 6.07) is 8.27. The molecule has 1 aliphatic heterocycles. The average Bonchev–Trinajstić information content (AvgIpc) is 2.78. The maximum atomic E-state index is 6.23. The van der Waals surface area contributed by atoms with Crippen LogP contribution in [-0.4, -0.2) is 16.7 Å². The number of methoxy groups -OCH3 is 1. The monoisotopic (exact) mass is 257 g/mol. The molecule has 3 rings (SSSR count). The third kappa shape index (κ3) is 2.24. The Hall–Kier alpha value is -1.81. The third-order valence-electron chi connectivity index (χ3n) is 3.66. The van der Waals surface area contributed by atoms with E-state index in [-0.39, 0.29) is 0 Å². The Labute approximate surface area is 113 Å². The summed E-state index contributed by atoms with van der Waals surface area (Å²) in [7, 11) is 1.70. The maximum absolute atomic E-state index is 6.23. The lowest BCUT2D eigenvalue weighted by Gasteiger charge is -2.14. The van der Waals surface area contributed by atoms with E-state index in [1.165, 1.54) is 12.8 Å². The summed E-state index contributed by atoms with van der Waals surface area (Å²) in [4.78, 5) is 4.70. The molecule has 0 atom stereocenters. The minimum Gasteiger partial charge on any atom is -0.383 e. The van der Waals surface area contributed by atoms with Crippen molar-refractivity contribution < 1.29 is 4.74 Å². The first-order valence-electron chi connectivity index (χ1n) is 6.72. The van der Waals surface area contributed by atoms with Crippen LogP contribution in [0.3, 0.4) is 0 Å². The molecule has 100 valence electrons. The molecule has 0 radical (unpaired) electrons. The lowest BCUT2D eigenvalue weighted by Crippen LogP contribution is -2.12. The number of hydrogen-bond acceptors (Lipinski definition) is 3. The average molecular weight is 257 g/mol. The Morgan fingerprint density at radius 2 is 2.05 bits per heavy atom. The van der Waals surface area contributed by atoms with Crippen LogP contribution < -0.4 is 5.73 Å². The van der Waals surface area contributed by atoms with Crippen molar-refractivity contribution in [3.63, 3.8) is 0 Å². The van der Waals surface area contributed by atoms with Gasteiger partial charge in [0.15, 0.2) is 0 Å². The molecule has 2 N–H and O–H groups in total. The van der Waals surface area contributed by atoms with E-state index in [1.54, 1.807) is 7.11 Å². The number of rotatable bonds is 3. The SMILES string of the molecule is COCc1ccc(-c2nc3n(c2N)CCCC3)cc1. The van der Waals surface area contributed by atoms with E-state index in [9.17, 15) is 0 Å². The third-order valence-corrected chi connectivity index (χ3v) is 3.66. The van der Waals surface area contributed by atoms with E-state index in [2.05, 4.69) is 28.8 Å². The molecule has 0 unspecified atom stereocenters. The van der Waals surface area contributed by atoms with E-state index >= 15 is 0 Å². The highest BCUT2D eigenvalue weighted by Crippen LogP contribution is 2.29. The van der Waals surface area contributed by atoms with Gasteiger partial charge in [-0.2, -0.15) is 0 Å². The van der Waals surface area contributed by atoms with Gasteiger partial charge in [-0.15, -0.1) is 0 Å². The van der Waals surface area contributed by atoms with Crippen molar-refractivity contribution in [2.75, 3.05) is 12.8 Å². The number of hydrogen-bond donors (Lipinski definition) is 1. The highest BCUT2D eigenvalue weighted by molar-refractivity contribution is 5.71. The summed E-state index contributed by atoms with van der Waals surface area (Å²) in [5.74, 6) is 1.92. The highest BCUT2D eigenvalue weighted by atomic mass is 16.5. The molecule has 0 amide bonds. The zero-order chi connectivity index (χ0) is 13.2. The molecule has 1 aromatic heterocycles. The molecule has 0 saturated heterocycles. The Balaban J connectivity index is 1.95. The number of aryl methyl sites for hydroxylation is 1. The summed E-state index contributed by atoms with van der Waals surface area (Å²) in [6.45, 7) is 1.63. The summed E-state index contributed by atoms with van der Waals surface area (Å²) >= 11 is 0. The van der Waals surface area contributed by atoms with Crippen LogP contribution in [0.5, 0.6) is 0 Å². The fourth-order valence-corrected chi connectivity index (χ4v) is 2.64. The van der Waals surface area contributed by atoms with Gasteiger partial charge in [-0.05, 0) is 18.4 Å². The molecular weight excluding hydrogens is 238 g/mol. The van der Waals surface area contributed by atoms with E-state index in [0.717, 1.165) is 41.4 Å². The Morgan fingerprint density at radius 1 is 1.26 bits per heavy atom. The zero-order valence-corrected chi connectivity index (χ0v) is 11.2. The number of fused-ring (bicyclic) bond motifs is 1. The van der Waals surface area contributed by atoms with Crippen LogP contribution >= 0.6 is 0 Å². The minimum atomic E-state index is 0.634. The van der Waals surface area contributed by atoms with Gasteiger partial charge in [0.25, 0.3) is 0 Å². The van der Waals surface area contributed by atoms with Crippen LogP contribution in [-0.2, 0) is 24.3 Å². The summed E-state index contributed by atoms with van der Waals surface area (Å²) in [5.41, 5.74) is 9.39. The normalized spacial score (nSPS) is 14.4. The van der Waals surface area contributed by atoms with Gasteiger partial charge in [-0.25, -0.2) is 4.98 Å². The first-order valence-corrected chi connectivity index (χ1v) is 6.72. The van der Waals surface area contributed by atoms with Gasteiger partial charge in [0.2, 0.25) is 0 Å². The molecule has 19 heavy (non-hydrogen) atoms. The van der Waals surface area contributed by atoms with Crippen molar-refractivity contribution >= 4 is 5.82 Å². The molecule has 0 bridgehead atoms. The van der Waals surface area contributed by atoms with Crippen molar-refractivity contribution in [1.29, 1.82) is 0 Å². The smallest absolute Gasteiger partial charge is 0.131 e. The van der Waals surface area contributed by atoms with Crippen molar-refractivity contribution in [3.8, 4) is 11.3 Å². The molecule has 2 heterocycles. The molecule has 4 nitrogen and oxygen atoms in total. The van der Waals surface area contributed by atoms with E-state index in [1.807, 2.05) is 0 Å². The predicted octanol–water partition coefficient (Wildman–Crippen LogP) is 2.62. The number of nitrogens with two attached hydrogens (primary N) is 1. The Bertz CT molecular complexity index is 572. The van der Waals surface area contributed by atoms with Gasteiger partial charge in [0, 0.05) is 25.6 Å². The van der Waals surface area contributed by atoms with E-state index in [4.69, 9.17) is 15.5 Å². The van der Waals surface area contributed by atoms with Gasteiger partial charge in [0.1, 0.15) is 17.3 Å². The molecule has 1 aromatic carbocycles. The summed E-state index contributed by atoms with van der Waals surface area (Å²) < 4.78 is 7.27. The fourth-order valence-electron chi connectivity index (χ4n) is 2.64. The topological polar surface area (TPSA) is 53.1 Å². The van der Waals surface area contributed by atoms with Crippen LogP contribution in [0.25, 0.3) is 11.3 Å². The quantitative estimate of drug-likeness (QED) is 0.919. The van der Waals surface area contributed by atoms with E-state index in [0.29, 0.717) is 6.61 Å². The van der Waals surface area contributed by atoms with Crippen LogP contribution in [0.1, 0.15) is 24.2 Å². The second-order valence-electron chi connectivity index (χ2n) is 5.00. The van der Waals surface area contributed by atoms with Gasteiger partial charge < -0.3 is 15.0 Å². The second kappa shape index (κ2) is 5.05. The number of imidazole rings is 1. The number of benzene rings is 1. The van der Waals surface area contributed by atoms with Crippen molar-refractivity contribution in [3.05, 3.63) is 35.7 Å². The lowest BCUT2D eigenvalue weighted by molar-refractivity contribution is 0.185. The van der Waals surface area contributed by atoms with Gasteiger partial charge in [0.05, 0.1) is 6.61 Å². The largest absolute Gasteiger partial charge is 0.383 e. The zero-order valence-electron chi connectivity index (χ0n) is 11.2. The predicted molar refractivity (Wildman–Crippen MR) is 75.7 cm³/mol. The first-order chi connectivity index (χ1) is 9.29. The fraction of sp³-hybridized carbons (Fsp3) is 0.400. The van der Waals surface area contributed by atoms with Crippen LogP contribution in [0.15, 0.2) is 24.3 Å². The molecule has 0 aliphatic carbocycles. The van der Waals surface area contributed by atoms with Gasteiger partial charge in [-0.3, -0.25) is 0 Å². The second-order valence-corrected chi connectivity index (χ2v) is 5.00. The lowest BCUT2D eigenvalue weighted by atomic mass is 10.1. The maximum Gasteiger partial charge on any atom is 0.131 e. The van der Waals surface area contributed by atoms with Gasteiger partial charge >= 0.3 is 0 Å². The summed E-state index contributed by atoms with van der Waals surface area (Å²) in [5, 5.41) is 0. The number of ether oxygens (including phenoxy) is 1. The summed E-state index contributed by atoms with van der Waals surface area (Å²) in [6.07, 6.45) is 3.44. The van der Waals surface area contributed by atoms with E-state index < -0.39 is 0 Å². The van der Waals surface area contributed by atoms with Crippen molar-refractivity contribution in [2.45, 2.75) is 32.4 Å². The van der Waals surface area contributed by atoms with Crippen LogP contribution in [0.4, 0.5) is 5.82 Å². The number of nitrogens with zero attached hydrogens (tertiary/aromatic N) is 2. The molecule has 4 heteroatoms.